The van der Waals surface area contributed by atoms with E-state index in [-0.39, 0.29) is 24.0 Å². The van der Waals surface area contributed by atoms with E-state index < -0.39 is 0 Å². The Kier molecular flexibility index (Phi) is 7.18. The molecule has 3 aromatic heterocycles. The third kappa shape index (κ3) is 5.02. The molecule has 0 aromatic carbocycles. The zero-order valence-corrected chi connectivity index (χ0v) is 17.2. The van der Waals surface area contributed by atoms with Gasteiger partial charge in [0.1, 0.15) is 11.3 Å². The molecule has 3 rings (SSSR count). The predicted molar refractivity (Wildman–Crippen MR) is 109 cm³/mol. The molecule has 0 aliphatic carbocycles. The van der Waals surface area contributed by atoms with Crippen molar-refractivity contribution in [2.75, 3.05) is 7.05 Å². The Balaban J connectivity index is 0.00000208. The summed E-state index contributed by atoms with van der Waals surface area (Å²) in [4.78, 5) is 15.2. The summed E-state index contributed by atoms with van der Waals surface area (Å²) in [5.41, 5.74) is 0.835. The second kappa shape index (κ2) is 9.14. The Morgan fingerprint density at radius 1 is 1.33 bits per heavy atom. The van der Waals surface area contributed by atoms with Crippen LogP contribution in [-0.2, 0) is 13.1 Å². The van der Waals surface area contributed by atoms with E-state index in [1.165, 1.54) is 4.88 Å². The van der Waals surface area contributed by atoms with Crippen LogP contribution in [0.2, 0.25) is 0 Å². The first-order chi connectivity index (χ1) is 11.2. The number of halogens is 1. The van der Waals surface area contributed by atoms with Gasteiger partial charge in [-0.25, -0.2) is 9.97 Å². The smallest absolute Gasteiger partial charge is 0.236 e. The lowest BCUT2D eigenvalue weighted by atomic mass is 10.4. The average molecular weight is 475 g/mol. The van der Waals surface area contributed by atoms with E-state index in [9.17, 15) is 0 Å². The Morgan fingerprint density at radius 2 is 2.17 bits per heavy atom. The van der Waals surface area contributed by atoms with Crippen molar-refractivity contribution in [3.8, 4) is 10.8 Å². The van der Waals surface area contributed by atoms with Crippen molar-refractivity contribution in [2.45, 2.75) is 20.0 Å². The van der Waals surface area contributed by atoms with Gasteiger partial charge in [0.15, 0.2) is 5.96 Å². The Labute approximate surface area is 165 Å². The number of oxazole rings is 1. The summed E-state index contributed by atoms with van der Waals surface area (Å²) in [5, 5.41) is 9.49. The van der Waals surface area contributed by atoms with Crippen LogP contribution in [0.3, 0.4) is 0 Å². The first kappa shape index (κ1) is 18.9. The second-order valence-electron chi connectivity index (χ2n) is 4.77. The number of aromatic nitrogens is 2. The lowest BCUT2D eigenvalue weighted by molar-refractivity contribution is 0.573. The maximum absolute atomic E-state index is 5.50. The van der Waals surface area contributed by atoms with Crippen molar-refractivity contribution in [3.63, 3.8) is 0 Å². The van der Waals surface area contributed by atoms with Gasteiger partial charge in [0, 0.05) is 18.1 Å². The van der Waals surface area contributed by atoms with E-state index >= 15 is 0 Å². The number of nitrogens with one attached hydrogen (secondary N) is 2. The molecule has 0 amide bonds. The topological polar surface area (TPSA) is 75.3 Å². The van der Waals surface area contributed by atoms with Crippen LogP contribution in [0.5, 0.6) is 0 Å². The molecule has 0 saturated carbocycles. The van der Waals surface area contributed by atoms with Gasteiger partial charge in [-0.2, -0.15) is 0 Å². The highest BCUT2D eigenvalue weighted by molar-refractivity contribution is 14.0. The predicted octanol–water partition coefficient (Wildman–Crippen LogP) is 3.65. The van der Waals surface area contributed by atoms with Crippen molar-refractivity contribution in [3.05, 3.63) is 45.6 Å². The van der Waals surface area contributed by atoms with Crippen LogP contribution < -0.4 is 10.6 Å². The SMILES string of the molecule is CN=C(NCc1coc(-c2cccs2)n1)NCc1ncc(C)s1.I. The van der Waals surface area contributed by atoms with Crippen LogP contribution in [0.4, 0.5) is 0 Å². The molecule has 0 spiro atoms. The van der Waals surface area contributed by atoms with Gasteiger partial charge < -0.3 is 15.1 Å². The van der Waals surface area contributed by atoms with Gasteiger partial charge in [-0.15, -0.1) is 46.7 Å². The molecule has 3 heterocycles. The number of thiazole rings is 1. The lowest BCUT2D eigenvalue weighted by Gasteiger charge is -2.09. The number of hydrogen-bond acceptors (Lipinski definition) is 6. The quantitative estimate of drug-likeness (QED) is 0.335. The fraction of sp³-hybridized carbons (Fsp3) is 0.267. The van der Waals surface area contributed by atoms with Gasteiger partial charge in [-0.3, -0.25) is 4.99 Å². The van der Waals surface area contributed by atoms with Crippen LogP contribution in [0.15, 0.2) is 39.4 Å². The third-order valence-electron chi connectivity index (χ3n) is 3.02. The first-order valence-corrected chi connectivity index (χ1v) is 8.78. The van der Waals surface area contributed by atoms with Crippen LogP contribution in [0.1, 0.15) is 15.6 Å². The van der Waals surface area contributed by atoms with Crippen LogP contribution in [0.25, 0.3) is 10.8 Å². The third-order valence-corrected chi connectivity index (χ3v) is 4.79. The number of rotatable bonds is 5. The number of aliphatic imine (C=N–C) groups is 1. The zero-order valence-electron chi connectivity index (χ0n) is 13.3. The van der Waals surface area contributed by atoms with E-state index in [2.05, 4.69) is 25.6 Å². The van der Waals surface area contributed by atoms with E-state index in [0.29, 0.717) is 24.9 Å². The number of hydrogen-bond donors (Lipinski definition) is 2. The molecule has 24 heavy (non-hydrogen) atoms. The minimum Gasteiger partial charge on any atom is -0.443 e. The largest absolute Gasteiger partial charge is 0.443 e. The second-order valence-corrected chi connectivity index (χ2v) is 7.03. The van der Waals surface area contributed by atoms with Crippen molar-refractivity contribution < 1.29 is 4.42 Å². The molecule has 0 aliphatic heterocycles. The number of aryl methyl sites for hydroxylation is 1. The summed E-state index contributed by atoms with van der Waals surface area (Å²) in [7, 11) is 1.74. The first-order valence-electron chi connectivity index (χ1n) is 7.08. The molecule has 0 fully saturated rings. The standard InChI is InChI=1S/C15H17N5OS2.HI/c1-10-6-17-13(23-10)8-19-15(16-2)18-7-11-9-21-14(20-11)12-4-3-5-22-12;/h3-6,9H,7-8H2,1-2H3,(H2,16,18,19);1H. The molecular weight excluding hydrogens is 457 g/mol. The van der Waals surface area contributed by atoms with Crippen molar-refractivity contribution in [1.82, 2.24) is 20.6 Å². The molecular formula is C15H18IN5OS2. The fourth-order valence-electron chi connectivity index (χ4n) is 1.94. The average Bonchev–Trinajstić information content (AvgIpc) is 3.28. The highest BCUT2D eigenvalue weighted by Crippen LogP contribution is 2.23. The van der Waals surface area contributed by atoms with Crippen molar-refractivity contribution in [1.29, 1.82) is 0 Å². The Bertz CT molecular complexity index is 782. The molecule has 0 unspecified atom stereocenters. The lowest BCUT2D eigenvalue weighted by Crippen LogP contribution is -2.36. The number of guanidine groups is 1. The maximum Gasteiger partial charge on any atom is 0.236 e. The molecule has 0 aliphatic rings. The summed E-state index contributed by atoms with van der Waals surface area (Å²) < 4.78 is 5.50. The van der Waals surface area contributed by atoms with Crippen LogP contribution >= 0.6 is 46.7 Å². The number of nitrogens with zero attached hydrogens (tertiary/aromatic N) is 3. The molecule has 2 N–H and O–H groups in total. The fourth-order valence-corrected chi connectivity index (χ4v) is 3.32. The molecule has 0 atom stereocenters. The normalized spacial score (nSPS) is 11.2. The van der Waals surface area contributed by atoms with Gasteiger partial charge in [-0.1, -0.05) is 6.07 Å². The highest BCUT2D eigenvalue weighted by Gasteiger charge is 2.08. The molecule has 9 heteroatoms. The van der Waals surface area contributed by atoms with Gasteiger partial charge in [-0.05, 0) is 18.4 Å². The molecule has 0 saturated heterocycles. The summed E-state index contributed by atoms with van der Waals surface area (Å²) in [6.45, 7) is 3.24. The monoisotopic (exact) mass is 475 g/mol. The zero-order chi connectivity index (χ0) is 16.1. The minimum absolute atomic E-state index is 0. The van der Waals surface area contributed by atoms with Gasteiger partial charge in [0.25, 0.3) is 0 Å². The van der Waals surface area contributed by atoms with E-state index in [1.807, 2.05) is 30.6 Å². The van der Waals surface area contributed by atoms with Crippen LogP contribution in [-0.4, -0.2) is 23.0 Å². The molecule has 128 valence electrons. The summed E-state index contributed by atoms with van der Waals surface area (Å²) in [6, 6.07) is 3.97. The van der Waals surface area contributed by atoms with Gasteiger partial charge in [0.05, 0.1) is 23.7 Å². The Morgan fingerprint density at radius 3 is 2.83 bits per heavy atom. The Hall–Kier alpha value is -1.46. The van der Waals surface area contributed by atoms with E-state index in [0.717, 1.165) is 15.6 Å². The molecule has 0 radical (unpaired) electrons. The van der Waals surface area contributed by atoms with Crippen molar-refractivity contribution >= 4 is 52.6 Å². The van der Waals surface area contributed by atoms with Gasteiger partial charge in [0.2, 0.25) is 5.89 Å². The van der Waals surface area contributed by atoms with Crippen LogP contribution in [0, 0.1) is 6.92 Å². The highest BCUT2D eigenvalue weighted by atomic mass is 127. The molecule has 3 aromatic rings. The minimum atomic E-state index is 0. The van der Waals surface area contributed by atoms with E-state index in [4.69, 9.17) is 4.42 Å². The van der Waals surface area contributed by atoms with Crippen molar-refractivity contribution in [2.24, 2.45) is 4.99 Å². The molecule has 6 nitrogen and oxygen atoms in total. The van der Waals surface area contributed by atoms with E-state index in [1.54, 1.807) is 36.0 Å². The number of thiophene rings is 1. The summed E-state index contributed by atoms with van der Waals surface area (Å²) >= 11 is 3.28. The maximum atomic E-state index is 5.50. The van der Waals surface area contributed by atoms with Gasteiger partial charge >= 0.3 is 0 Å². The summed E-state index contributed by atoms with van der Waals surface area (Å²) in [6.07, 6.45) is 3.54. The summed E-state index contributed by atoms with van der Waals surface area (Å²) in [5.74, 6) is 1.36. The molecule has 0 bridgehead atoms.